The van der Waals surface area contributed by atoms with Crippen LogP contribution in [-0.4, -0.2) is 41.1 Å². The molecule has 3 heterocycles. The fourth-order valence-electron chi connectivity index (χ4n) is 3.75. The van der Waals surface area contributed by atoms with Gasteiger partial charge in [0.1, 0.15) is 12.4 Å². The molecule has 0 atom stereocenters. The fourth-order valence-corrected chi connectivity index (χ4v) is 3.75. The second kappa shape index (κ2) is 8.92. The maximum absolute atomic E-state index is 11.7. The van der Waals surface area contributed by atoms with E-state index in [1.165, 1.54) is 12.7 Å². The van der Waals surface area contributed by atoms with E-state index in [9.17, 15) is 4.79 Å². The summed E-state index contributed by atoms with van der Waals surface area (Å²) in [6.45, 7) is 7.76. The minimum atomic E-state index is -0.150. The van der Waals surface area contributed by atoms with E-state index in [4.69, 9.17) is 9.72 Å². The molecule has 1 aromatic carbocycles. The lowest BCUT2D eigenvalue weighted by Gasteiger charge is -2.17. The molecule has 1 aliphatic heterocycles. The Morgan fingerprint density at radius 3 is 2.91 bits per heavy atom. The lowest BCUT2D eigenvalue weighted by Crippen LogP contribution is -2.26. The number of carbonyl (C=O) groups is 1. The summed E-state index contributed by atoms with van der Waals surface area (Å²) in [5.74, 6) is 1.29. The van der Waals surface area contributed by atoms with Gasteiger partial charge in [-0.3, -0.25) is 4.79 Å². The third kappa shape index (κ3) is 4.55. The minimum absolute atomic E-state index is 0.0304. The number of hydrogen-bond acceptors (Lipinski definition) is 7. The zero-order valence-corrected chi connectivity index (χ0v) is 18.8. The van der Waals surface area contributed by atoms with E-state index in [1.54, 1.807) is 6.20 Å². The number of anilines is 3. The van der Waals surface area contributed by atoms with Crippen molar-refractivity contribution in [1.29, 1.82) is 0 Å². The third-order valence-electron chi connectivity index (χ3n) is 5.71. The summed E-state index contributed by atoms with van der Waals surface area (Å²) in [7, 11) is 1.50. The molecule has 0 unspecified atom stereocenters. The van der Waals surface area contributed by atoms with Gasteiger partial charge in [-0.2, -0.15) is 0 Å². The average molecular weight is 433 g/mol. The van der Waals surface area contributed by atoms with Crippen molar-refractivity contribution in [3.8, 4) is 11.3 Å². The van der Waals surface area contributed by atoms with Crippen molar-refractivity contribution in [1.82, 2.24) is 20.3 Å². The molecule has 0 radical (unpaired) electrons. The molecule has 0 spiro atoms. The van der Waals surface area contributed by atoms with Crippen molar-refractivity contribution in [3.63, 3.8) is 0 Å². The quantitative estimate of drug-likeness (QED) is 0.525. The molecule has 3 aromatic rings. The van der Waals surface area contributed by atoms with Crippen LogP contribution in [0.4, 0.5) is 17.5 Å². The van der Waals surface area contributed by atoms with E-state index in [1.807, 2.05) is 37.4 Å². The van der Waals surface area contributed by atoms with Crippen LogP contribution in [0.2, 0.25) is 0 Å². The Morgan fingerprint density at radius 2 is 2.09 bits per heavy atom. The molecular weight excluding hydrogens is 404 g/mol. The van der Waals surface area contributed by atoms with Crippen LogP contribution in [0.3, 0.4) is 0 Å². The van der Waals surface area contributed by atoms with Gasteiger partial charge in [0.15, 0.2) is 0 Å². The van der Waals surface area contributed by atoms with Crippen molar-refractivity contribution in [3.05, 3.63) is 59.4 Å². The fraction of sp³-hybridized carbons (Fsp3) is 0.333. The minimum Gasteiger partial charge on any atom is -0.375 e. The molecule has 0 bridgehead atoms. The van der Waals surface area contributed by atoms with E-state index in [2.05, 4.69) is 45.8 Å². The van der Waals surface area contributed by atoms with Gasteiger partial charge in [0.25, 0.3) is 0 Å². The first-order valence-corrected chi connectivity index (χ1v) is 10.6. The molecule has 4 rings (SSSR count). The number of hydrogen-bond donors (Lipinski definition) is 3. The molecule has 8 heteroatoms. The van der Waals surface area contributed by atoms with E-state index in [0.29, 0.717) is 12.5 Å². The van der Waals surface area contributed by atoms with E-state index >= 15 is 0 Å². The number of amides is 1. The van der Waals surface area contributed by atoms with Crippen LogP contribution in [0.15, 0.2) is 42.7 Å². The highest BCUT2D eigenvalue weighted by atomic mass is 16.5. The SMILES string of the molecule is COCC(=O)NCc1cccc(Nc2nccc(-c3cnc4c(c3)C(C)(C)CN4)n2)c1C. The zero-order chi connectivity index (χ0) is 22.7. The molecular formula is C24H28N6O2. The summed E-state index contributed by atoms with van der Waals surface area (Å²) in [4.78, 5) is 25.4. The maximum atomic E-state index is 11.7. The Hall–Kier alpha value is -3.52. The molecule has 1 amide bonds. The van der Waals surface area contributed by atoms with Gasteiger partial charge in [0.05, 0.1) is 5.69 Å². The summed E-state index contributed by atoms with van der Waals surface area (Å²) in [6, 6.07) is 9.94. The molecule has 1 aliphatic rings. The predicted molar refractivity (Wildman–Crippen MR) is 125 cm³/mol. The van der Waals surface area contributed by atoms with Crippen LogP contribution in [0, 0.1) is 6.92 Å². The molecule has 0 fully saturated rings. The van der Waals surface area contributed by atoms with Gasteiger partial charge in [0.2, 0.25) is 11.9 Å². The molecule has 166 valence electrons. The normalized spacial score (nSPS) is 13.9. The molecule has 3 N–H and O–H groups in total. The monoisotopic (exact) mass is 432 g/mol. The molecule has 2 aromatic heterocycles. The van der Waals surface area contributed by atoms with Crippen LogP contribution < -0.4 is 16.0 Å². The number of benzene rings is 1. The lowest BCUT2D eigenvalue weighted by molar-refractivity contribution is -0.124. The van der Waals surface area contributed by atoms with Crippen LogP contribution in [0.1, 0.15) is 30.5 Å². The molecule has 0 aliphatic carbocycles. The lowest BCUT2D eigenvalue weighted by atomic mass is 9.87. The van der Waals surface area contributed by atoms with Gasteiger partial charge in [-0.1, -0.05) is 26.0 Å². The second-order valence-electron chi connectivity index (χ2n) is 8.55. The molecule has 0 saturated carbocycles. The third-order valence-corrected chi connectivity index (χ3v) is 5.71. The number of fused-ring (bicyclic) bond motifs is 1. The van der Waals surface area contributed by atoms with Crippen molar-refractivity contribution >= 4 is 23.4 Å². The van der Waals surface area contributed by atoms with E-state index in [-0.39, 0.29) is 17.9 Å². The zero-order valence-electron chi connectivity index (χ0n) is 18.8. The number of pyridine rings is 1. The summed E-state index contributed by atoms with van der Waals surface area (Å²) < 4.78 is 4.86. The Labute approximate surface area is 187 Å². The van der Waals surface area contributed by atoms with Crippen LogP contribution in [0.5, 0.6) is 0 Å². The first-order valence-electron chi connectivity index (χ1n) is 10.6. The summed E-state index contributed by atoms with van der Waals surface area (Å²) in [5, 5.41) is 9.53. The van der Waals surface area contributed by atoms with Gasteiger partial charge in [-0.05, 0) is 36.2 Å². The van der Waals surface area contributed by atoms with Crippen molar-refractivity contribution in [2.45, 2.75) is 32.7 Å². The van der Waals surface area contributed by atoms with Crippen LogP contribution >= 0.6 is 0 Å². The topological polar surface area (TPSA) is 101 Å². The van der Waals surface area contributed by atoms with E-state index < -0.39 is 0 Å². The van der Waals surface area contributed by atoms with Gasteiger partial charge in [0, 0.05) is 54.8 Å². The Bertz CT molecular complexity index is 1150. The maximum Gasteiger partial charge on any atom is 0.246 e. The number of aromatic nitrogens is 3. The highest BCUT2D eigenvalue weighted by Crippen LogP contribution is 2.36. The number of ether oxygens (including phenoxy) is 1. The van der Waals surface area contributed by atoms with Crippen molar-refractivity contribution in [2.24, 2.45) is 0 Å². The largest absolute Gasteiger partial charge is 0.375 e. The van der Waals surface area contributed by atoms with Crippen LogP contribution in [-0.2, 0) is 21.5 Å². The Balaban J connectivity index is 1.54. The number of rotatable bonds is 7. The number of carbonyl (C=O) groups excluding carboxylic acids is 1. The van der Waals surface area contributed by atoms with Crippen LogP contribution in [0.25, 0.3) is 11.3 Å². The number of methoxy groups -OCH3 is 1. The van der Waals surface area contributed by atoms with Gasteiger partial charge >= 0.3 is 0 Å². The summed E-state index contributed by atoms with van der Waals surface area (Å²) >= 11 is 0. The molecule has 8 nitrogen and oxygen atoms in total. The van der Waals surface area contributed by atoms with Crippen molar-refractivity contribution < 1.29 is 9.53 Å². The summed E-state index contributed by atoms with van der Waals surface area (Å²) in [5.41, 5.74) is 5.90. The highest BCUT2D eigenvalue weighted by Gasteiger charge is 2.31. The smallest absolute Gasteiger partial charge is 0.246 e. The number of nitrogens with one attached hydrogen (secondary N) is 3. The van der Waals surface area contributed by atoms with E-state index in [0.717, 1.165) is 40.4 Å². The van der Waals surface area contributed by atoms with Crippen molar-refractivity contribution in [2.75, 3.05) is 30.9 Å². The average Bonchev–Trinajstić information content (AvgIpc) is 3.09. The van der Waals surface area contributed by atoms with Gasteiger partial charge in [-0.25, -0.2) is 15.0 Å². The standard InChI is InChI=1S/C24H28N6O2/c1-15-16(11-26-21(31)13-32-4)6-5-7-19(15)29-23-25-9-8-20(30-23)17-10-18-22(27-12-17)28-14-24(18,2)3/h5-10,12H,11,13-14H2,1-4H3,(H,26,31)(H,27,28)(H,25,29,30). The first kappa shape index (κ1) is 21.7. The van der Waals surface area contributed by atoms with Gasteiger partial charge in [-0.15, -0.1) is 0 Å². The highest BCUT2D eigenvalue weighted by molar-refractivity contribution is 5.77. The predicted octanol–water partition coefficient (Wildman–Crippen LogP) is 3.56. The second-order valence-corrected chi connectivity index (χ2v) is 8.55. The first-order chi connectivity index (χ1) is 15.4. The molecule has 32 heavy (non-hydrogen) atoms. The molecule has 0 saturated heterocycles. The Kier molecular flexibility index (Phi) is 6.05. The van der Waals surface area contributed by atoms with Gasteiger partial charge < -0.3 is 20.7 Å². The number of nitrogens with zero attached hydrogens (tertiary/aromatic N) is 3. The summed E-state index contributed by atoms with van der Waals surface area (Å²) in [6.07, 6.45) is 3.58. The Morgan fingerprint density at radius 1 is 1.25 bits per heavy atom.